The number of pyridine rings is 1. The Labute approximate surface area is 271 Å². The van der Waals surface area contributed by atoms with Gasteiger partial charge in [-0.3, -0.25) is 14.7 Å². The number of aromatic nitrogens is 3. The van der Waals surface area contributed by atoms with Crippen molar-refractivity contribution < 1.29 is 9.53 Å². The Balaban J connectivity index is 1.12. The fourth-order valence-corrected chi connectivity index (χ4v) is 7.39. The van der Waals surface area contributed by atoms with Crippen LogP contribution in [0.5, 0.6) is 0 Å². The van der Waals surface area contributed by atoms with Crippen LogP contribution in [-0.2, 0) is 11.2 Å². The second-order valence-electron chi connectivity index (χ2n) is 13.5. The Morgan fingerprint density at radius 3 is 2.46 bits per heavy atom. The van der Waals surface area contributed by atoms with E-state index in [4.69, 9.17) is 20.4 Å². The number of nitrogens with two attached hydrogens (primary N) is 1. The highest BCUT2D eigenvalue weighted by molar-refractivity contribution is 5.97. The number of carbonyl (C=O) groups excluding carboxylic acids is 1. The summed E-state index contributed by atoms with van der Waals surface area (Å²) < 4.78 is 6.06. The number of carbonyl (C=O) groups is 1. The minimum atomic E-state index is -0.629. The highest BCUT2D eigenvalue weighted by atomic mass is 16.5. The zero-order valence-corrected chi connectivity index (χ0v) is 27.2. The molecule has 1 aromatic carbocycles. The molecule has 5 heterocycles. The molecule has 4 fully saturated rings. The highest BCUT2D eigenvalue weighted by Crippen LogP contribution is 2.47. The van der Waals surface area contributed by atoms with Gasteiger partial charge in [0.05, 0.1) is 5.60 Å². The first-order valence-electron chi connectivity index (χ1n) is 17.0. The zero-order chi connectivity index (χ0) is 31.7. The third kappa shape index (κ3) is 6.67. The lowest BCUT2D eigenvalue weighted by molar-refractivity contribution is -0.00884. The molecule has 1 saturated carbocycles. The normalized spacial score (nSPS) is 22.1. The van der Waals surface area contributed by atoms with Gasteiger partial charge in [0.2, 0.25) is 0 Å². The second-order valence-corrected chi connectivity index (χ2v) is 13.5. The maximum atomic E-state index is 12.7. The van der Waals surface area contributed by atoms with Gasteiger partial charge in [-0.2, -0.15) is 0 Å². The third-order valence-electron chi connectivity index (χ3n) is 10.3. The Hall–Kier alpha value is -3.80. The van der Waals surface area contributed by atoms with Crippen molar-refractivity contribution in [1.29, 1.82) is 0 Å². The number of rotatable bonds is 9. The van der Waals surface area contributed by atoms with E-state index in [0.29, 0.717) is 23.4 Å². The molecule has 4 aliphatic rings. The molecule has 244 valence electrons. The number of benzene rings is 1. The SMILES string of the molecule is CCc1cc(Nc2nc(NC3CCOC4(CC4)C3)c(-c3ccncc3)nc2C(N)=O)ccc1N1CCC(N2CCN(C)CC2)CC1. The van der Waals surface area contributed by atoms with Crippen molar-refractivity contribution in [3.63, 3.8) is 0 Å². The number of ether oxygens (including phenoxy) is 1. The number of nitrogens with zero attached hydrogens (tertiary/aromatic N) is 6. The summed E-state index contributed by atoms with van der Waals surface area (Å²) in [6, 6.07) is 11.1. The maximum absolute atomic E-state index is 12.7. The number of piperidine rings is 1. The largest absolute Gasteiger partial charge is 0.375 e. The van der Waals surface area contributed by atoms with Crippen molar-refractivity contribution in [2.45, 2.75) is 69.6 Å². The smallest absolute Gasteiger partial charge is 0.271 e. The van der Waals surface area contributed by atoms with Gasteiger partial charge in [-0.15, -0.1) is 0 Å². The Bertz CT molecular complexity index is 1530. The molecule has 3 aromatic rings. The van der Waals surface area contributed by atoms with E-state index in [-0.39, 0.29) is 17.3 Å². The quantitative estimate of drug-likeness (QED) is 0.317. The molecule has 3 saturated heterocycles. The first kappa shape index (κ1) is 30.8. The van der Waals surface area contributed by atoms with E-state index < -0.39 is 5.91 Å². The molecule has 3 aliphatic heterocycles. The Morgan fingerprint density at radius 1 is 1.00 bits per heavy atom. The van der Waals surface area contributed by atoms with E-state index in [1.165, 1.54) is 37.2 Å². The average Bonchev–Trinajstić information content (AvgIpc) is 3.83. The summed E-state index contributed by atoms with van der Waals surface area (Å²) >= 11 is 0. The van der Waals surface area contributed by atoms with Crippen LogP contribution in [0.1, 0.15) is 61.5 Å². The number of hydrogen-bond acceptors (Lipinski definition) is 10. The highest BCUT2D eigenvalue weighted by Gasteiger charge is 2.48. The lowest BCUT2D eigenvalue weighted by Crippen LogP contribution is -2.52. The van der Waals surface area contributed by atoms with Crippen LogP contribution in [-0.4, -0.2) is 101 Å². The molecule has 7 rings (SSSR count). The van der Waals surface area contributed by atoms with Crippen molar-refractivity contribution in [1.82, 2.24) is 24.8 Å². The predicted octanol–water partition coefficient (Wildman–Crippen LogP) is 4.28. The first-order valence-corrected chi connectivity index (χ1v) is 17.0. The zero-order valence-electron chi connectivity index (χ0n) is 27.2. The summed E-state index contributed by atoms with van der Waals surface area (Å²) in [6.07, 6.45) is 10.7. The minimum absolute atomic E-state index is 0.00651. The Kier molecular flexibility index (Phi) is 8.80. The van der Waals surface area contributed by atoms with Crippen LogP contribution in [0.25, 0.3) is 11.3 Å². The molecule has 1 aliphatic carbocycles. The fourth-order valence-electron chi connectivity index (χ4n) is 7.39. The molecule has 46 heavy (non-hydrogen) atoms. The number of piperazine rings is 1. The van der Waals surface area contributed by atoms with Gasteiger partial charge in [0.15, 0.2) is 17.3 Å². The first-order chi connectivity index (χ1) is 22.4. The van der Waals surface area contributed by atoms with Crippen molar-refractivity contribution in [2.75, 3.05) is 68.5 Å². The number of amides is 1. The Morgan fingerprint density at radius 2 is 1.76 bits per heavy atom. The number of nitrogens with one attached hydrogen (secondary N) is 2. The summed E-state index contributed by atoms with van der Waals surface area (Å²) in [5.41, 5.74) is 10.8. The van der Waals surface area contributed by atoms with Crippen molar-refractivity contribution in [2.24, 2.45) is 5.73 Å². The second kappa shape index (κ2) is 13.1. The van der Waals surface area contributed by atoms with Crippen LogP contribution in [0.2, 0.25) is 0 Å². The molecule has 2 aromatic heterocycles. The lowest BCUT2D eigenvalue weighted by Gasteiger charge is -2.43. The number of likely N-dealkylation sites (N-methyl/N-ethyl adjacent to an activating group) is 1. The predicted molar refractivity (Wildman–Crippen MR) is 182 cm³/mol. The number of aryl methyl sites for hydroxylation is 1. The van der Waals surface area contributed by atoms with Crippen LogP contribution < -0.4 is 21.3 Å². The molecule has 1 unspecified atom stereocenters. The topological polar surface area (TPSA) is 125 Å². The third-order valence-corrected chi connectivity index (χ3v) is 10.3. The van der Waals surface area contributed by atoms with Crippen molar-refractivity contribution in [3.8, 4) is 11.3 Å². The van der Waals surface area contributed by atoms with Gasteiger partial charge in [0, 0.05) is 87.3 Å². The van der Waals surface area contributed by atoms with Gasteiger partial charge in [0.25, 0.3) is 5.91 Å². The summed E-state index contributed by atoms with van der Waals surface area (Å²) in [6.45, 7) is 9.72. The molecule has 1 spiro atoms. The van der Waals surface area contributed by atoms with Crippen molar-refractivity contribution in [3.05, 3.63) is 54.0 Å². The molecule has 11 nitrogen and oxygen atoms in total. The van der Waals surface area contributed by atoms with E-state index in [2.05, 4.69) is 62.5 Å². The van der Waals surface area contributed by atoms with E-state index >= 15 is 0 Å². The minimum Gasteiger partial charge on any atom is -0.375 e. The summed E-state index contributed by atoms with van der Waals surface area (Å²) in [4.78, 5) is 34.4. The van der Waals surface area contributed by atoms with Gasteiger partial charge in [0.1, 0.15) is 5.69 Å². The summed E-state index contributed by atoms with van der Waals surface area (Å²) in [7, 11) is 2.22. The molecule has 1 amide bonds. The van der Waals surface area contributed by atoms with Crippen LogP contribution >= 0.6 is 0 Å². The summed E-state index contributed by atoms with van der Waals surface area (Å²) in [5, 5.41) is 7.08. The van der Waals surface area contributed by atoms with Gasteiger partial charge in [-0.25, -0.2) is 9.97 Å². The average molecular weight is 626 g/mol. The number of anilines is 4. The van der Waals surface area contributed by atoms with Gasteiger partial charge < -0.3 is 30.9 Å². The van der Waals surface area contributed by atoms with Crippen LogP contribution in [0.15, 0.2) is 42.7 Å². The van der Waals surface area contributed by atoms with Crippen LogP contribution in [0.4, 0.5) is 23.0 Å². The summed E-state index contributed by atoms with van der Waals surface area (Å²) in [5.74, 6) is 0.344. The van der Waals surface area contributed by atoms with Gasteiger partial charge in [-0.05, 0) is 87.9 Å². The van der Waals surface area contributed by atoms with E-state index in [0.717, 1.165) is 76.1 Å². The fraction of sp³-hybridized carbons (Fsp3) is 0.543. The standard InChI is InChI=1S/C35H47N9O2/c1-3-24-22-26(4-5-29(24)44-15-8-28(9-16-44)43-19-17-42(2)18-20-43)38-34-31(32(36)45)40-30(25-6-13-37-14-7-25)33(41-34)39-27-10-21-46-35(23-27)11-12-35/h4-7,13-14,22,27-28H,3,8-12,15-21,23H2,1-2H3,(H2,36,45)(H2,38,39,41). The molecular formula is C35H47N9O2. The van der Waals surface area contributed by atoms with Gasteiger partial charge in [-0.1, -0.05) is 6.92 Å². The van der Waals surface area contributed by atoms with Crippen molar-refractivity contribution >= 4 is 28.9 Å². The number of primary amides is 1. The monoisotopic (exact) mass is 625 g/mol. The van der Waals surface area contributed by atoms with E-state index in [1.807, 2.05) is 12.1 Å². The molecule has 11 heteroatoms. The van der Waals surface area contributed by atoms with Crippen LogP contribution in [0, 0.1) is 0 Å². The number of hydrogen-bond donors (Lipinski definition) is 3. The lowest BCUT2D eigenvalue weighted by atomic mass is 10.00. The molecular weight excluding hydrogens is 578 g/mol. The molecule has 1 atom stereocenters. The van der Waals surface area contributed by atoms with E-state index in [9.17, 15) is 4.79 Å². The molecule has 0 radical (unpaired) electrons. The van der Waals surface area contributed by atoms with E-state index in [1.54, 1.807) is 12.4 Å². The molecule has 0 bridgehead atoms. The molecule has 4 N–H and O–H groups in total. The maximum Gasteiger partial charge on any atom is 0.271 e. The van der Waals surface area contributed by atoms with Gasteiger partial charge >= 0.3 is 0 Å². The van der Waals surface area contributed by atoms with Crippen LogP contribution in [0.3, 0.4) is 0 Å².